The third-order valence-electron chi connectivity index (χ3n) is 5.05. The fraction of sp³-hybridized carbons (Fsp3) is 0.0952. The number of non-ortho nitro benzene ring substituents is 1. The summed E-state index contributed by atoms with van der Waals surface area (Å²) in [5.74, 6) is -0.647. The summed E-state index contributed by atoms with van der Waals surface area (Å²) in [7, 11) is 0. The van der Waals surface area contributed by atoms with Crippen molar-refractivity contribution in [2.75, 3.05) is 0 Å². The van der Waals surface area contributed by atoms with Crippen molar-refractivity contribution in [2.24, 2.45) is 0 Å². The maximum Gasteiger partial charge on any atom is 0.270 e. The Morgan fingerprint density at radius 1 is 1.03 bits per heavy atom. The number of carbonyl (C=O) groups excluding carboxylic acids is 2. The Morgan fingerprint density at radius 3 is 2.53 bits per heavy atom. The van der Waals surface area contributed by atoms with Gasteiger partial charge in [-0.15, -0.1) is 10.2 Å². The molecule has 0 bridgehead atoms. The summed E-state index contributed by atoms with van der Waals surface area (Å²) in [5, 5.41) is 23.0. The van der Waals surface area contributed by atoms with Gasteiger partial charge in [-0.05, 0) is 13.0 Å². The van der Waals surface area contributed by atoms with Crippen molar-refractivity contribution < 1.29 is 23.5 Å². The average Bonchev–Trinajstić information content (AvgIpc) is 3.47. The summed E-state index contributed by atoms with van der Waals surface area (Å²) in [6, 6.07) is 12.8. The molecule has 2 amide bonds. The molecule has 2 aromatic heterocycles. The van der Waals surface area contributed by atoms with E-state index in [1.165, 1.54) is 12.1 Å². The summed E-state index contributed by atoms with van der Waals surface area (Å²) in [4.78, 5) is 36.6. The predicted molar refractivity (Wildman–Crippen MR) is 107 cm³/mol. The van der Waals surface area contributed by atoms with Crippen LogP contribution < -0.4 is 0 Å². The number of amides is 2. The molecule has 0 saturated heterocycles. The monoisotopic (exact) mass is 431 g/mol. The van der Waals surface area contributed by atoms with Gasteiger partial charge in [0.05, 0.1) is 16.1 Å². The van der Waals surface area contributed by atoms with Crippen molar-refractivity contribution >= 4 is 17.5 Å². The normalized spacial score (nSPS) is 13.0. The number of nitro benzene ring substituents is 1. The number of hydrogen-bond acceptors (Lipinski definition) is 9. The number of carbonyl (C=O) groups is 2. The number of aromatic nitrogens is 3. The van der Waals surface area contributed by atoms with Gasteiger partial charge in [0.2, 0.25) is 5.89 Å². The number of imide groups is 1. The molecule has 11 heteroatoms. The topological polar surface area (TPSA) is 145 Å². The molecule has 2 aromatic carbocycles. The first-order valence-corrected chi connectivity index (χ1v) is 9.43. The molecule has 0 unspecified atom stereocenters. The zero-order chi connectivity index (χ0) is 22.4. The number of benzene rings is 2. The van der Waals surface area contributed by atoms with E-state index in [1.807, 2.05) is 30.3 Å². The molecule has 0 spiro atoms. The SMILES string of the molecule is Cc1onc(-c2ccccc2)c1-c1nnc(CN2C(=O)c3ccc([N+](=O)[O-])cc3C2=O)o1. The van der Waals surface area contributed by atoms with Gasteiger partial charge in [-0.3, -0.25) is 24.6 Å². The lowest BCUT2D eigenvalue weighted by Gasteiger charge is -2.10. The number of aryl methyl sites for hydroxylation is 1. The van der Waals surface area contributed by atoms with Gasteiger partial charge in [0.15, 0.2) is 0 Å². The minimum atomic E-state index is -0.667. The third kappa shape index (κ3) is 3.03. The standard InChI is InChI=1S/C21H13N5O6/c1-11-17(18(24-32-11)12-5-3-2-4-6-12)19-23-22-16(31-19)10-25-20(27)14-8-7-13(26(29)30)9-15(14)21(25)28/h2-9H,10H2,1H3. The van der Waals surface area contributed by atoms with Crippen LogP contribution in [0.25, 0.3) is 22.7 Å². The Kier molecular flexibility index (Phi) is 4.36. The quantitative estimate of drug-likeness (QED) is 0.263. The van der Waals surface area contributed by atoms with Gasteiger partial charge >= 0.3 is 0 Å². The van der Waals surface area contributed by atoms with E-state index >= 15 is 0 Å². The van der Waals surface area contributed by atoms with Crippen LogP contribution in [0.2, 0.25) is 0 Å². The van der Waals surface area contributed by atoms with Crippen LogP contribution in [0.3, 0.4) is 0 Å². The summed E-state index contributed by atoms with van der Waals surface area (Å²) in [5.41, 5.74) is 1.59. The van der Waals surface area contributed by atoms with E-state index in [0.717, 1.165) is 16.5 Å². The van der Waals surface area contributed by atoms with Crippen molar-refractivity contribution in [3.63, 3.8) is 0 Å². The van der Waals surface area contributed by atoms with E-state index < -0.39 is 16.7 Å². The molecule has 3 heterocycles. The highest BCUT2D eigenvalue weighted by atomic mass is 16.6. The van der Waals surface area contributed by atoms with E-state index in [4.69, 9.17) is 8.94 Å². The zero-order valence-electron chi connectivity index (χ0n) is 16.5. The molecule has 0 N–H and O–H groups in total. The summed E-state index contributed by atoms with van der Waals surface area (Å²) >= 11 is 0. The van der Waals surface area contributed by atoms with Crippen LogP contribution in [0, 0.1) is 17.0 Å². The van der Waals surface area contributed by atoms with Crippen LogP contribution in [0.5, 0.6) is 0 Å². The van der Waals surface area contributed by atoms with Gasteiger partial charge in [0.1, 0.15) is 23.6 Å². The molecule has 5 rings (SSSR count). The average molecular weight is 431 g/mol. The van der Waals surface area contributed by atoms with Crippen LogP contribution >= 0.6 is 0 Å². The van der Waals surface area contributed by atoms with Crippen molar-refractivity contribution in [3.05, 3.63) is 81.4 Å². The zero-order valence-corrected chi connectivity index (χ0v) is 16.5. The van der Waals surface area contributed by atoms with E-state index in [1.54, 1.807) is 6.92 Å². The minimum Gasteiger partial charge on any atom is -0.419 e. The highest BCUT2D eigenvalue weighted by molar-refractivity contribution is 6.21. The first-order valence-electron chi connectivity index (χ1n) is 9.43. The van der Waals surface area contributed by atoms with Gasteiger partial charge in [0.25, 0.3) is 23.4 Å². The van der Waals surface area contributed by atoms with Crippen molar-refractivity contribution in [1.29, 1.82) is 0 Å². The summed E-state index contributed by atoms with van der Waals surface area (Å²) in [6.45, 7) is 1.42. The summed E-state index contributed by atoms with van der Waals surface area (Å²) in [6.07, 6.45) is 0. The van der Waals surface area contributed by atoms with E-state index in [0.29, 0.717) is 17.0 Å². The van der Waals surface area contributed by atoms with Crippen molar-refractivity contribution in [1.82, 2.24) is 20.3 Å². The molecule has 0 fully saturated rings. The summed E-state index contributed by atoms with van der Waals surface area (Å²) < 4.78 is 11.0. The van der Waals surface area contributed by atoms with Gasteiger partial charge in [-0.1, -0.05) is 35.5 Å². The number of nitro groups is 1. The molecule has 1 aliphatic rings. The molecule has 32 heavy (non-hydrogen) atoms. The Hall–Kier alpha value is -4.67. The largest absolute Gasteiger partial charge is 0.419 e. The second-order valence-electron chi connectivity index (χ2n) is 7.01. The molecule has 0 radical (unpaired) electrons. The first-order chi connectivity index (χ1) is 15.4. The number of rotatable bonds is 5. The van der Waals surface area contributed by atoms with Gasteiger partial charge in [-0.2, -0.15) is 0 Å². The van der Waals surface area contributed by atoms with Crippen LogP contribution in [0.1, 0.15) is 32.4 Å². The molecule has 158 valence electrons. The van der Waals surface area contributed by atoms with E-state index in [9.17, 15) is 19.7 Å². The smallest absolute Gasteiger partial charge is 0.270 e. The Balaban J connectivity index is 1.44. The maximum atomic E-state index is 12.7. The Morgan fingerprint density at radius 2 is 1.78 bits per heavy atom. The van der Waals surface area contributed by atoms with Crippen molar-refractivity contribution in [2.45, 2.75) is 13.5 Å². The Labute approximate surface area is 179 Å². The number of hydrogen-bond donors (Lipinski definition) is 0. The van der Waals surface area contributed by atoms with E-state index in [2.05, 4.69) is 15.4 Å². The molecule has 11 nitrogen and oxygen atoms in total. The molecular formula is C21H13N5O6. The second-order valence-corrected chi connectivity index (χ2v) is 7.01. The highest BCUT2D eigenvalue weighted by Gasteiger charge is 2.38. The molecular weight excluding hydrogens is 418 g/mol. The minimum absolute atomic E-state index is 0.0172. The molecule has 4 aromatic rings. The predicted octanol–water partition coefficient (Wildman–Crippen LogP) is 3.40. The van der Waals surface area contributed by atoms with Crippen LogP contribution in [-0.2, 0) is 6.54 Å². The number of nitrogens with zero attached hydrogens (tertiary/aromatic N) is 5. The first kappa shape index (κ1) is 19.3. The second kappa shape index (κ2) is 7.23. The van der Waals surface area contributed by atoms with Gasteiger partial charge < -0.3 is 8.94 Å². The van der Waals surface area contributed by atoms with Crippen LogP contribution in [-0.4, -0.2) is 37.0 Å². The third-order valence-corrected chi connectivity index (χ3v) is 5.05. The van der Waals surface area contributed by atoms with E-state index in [-0.39, 0.29) is 35.1 Å². The molecule has 0 saturated carbocycles. The van der Waals surface area contributed by atoms with Crippen molar-refractivity contribution in [3.8, 4) is 22.7 Å². The van der Waals surface area contributed by atoms with Gasteiger partial charge in [0, 0.05) is 17.7 Å². The lowest BCUT2D eigenvalue weighted by Crippen LogP contribution is -2.29. The Bertz CT molecular complexity index is 1390. The van der Waals surface area contributed by atoms with Gasteiger partial charge in [-0.25, -0.2) is 0 Å². The maximum absolute atomic E-state index is 12.7. The fourth-order valence-corrected chi connectivity index (χ4v) is 3.51. The molecule has 0 aliphatic carbocycles. The highest BCUT2D eigenvalue weighted by Crippen LogP contribution is 2.34. The lowest BCUT2D eigenvalue weighted by atomic mass is 10.1. The number of fused-ring (bicyclic) bond motifs is 1. The molecule has 0 atom stereocenters. The fourth-order valence-electron chi connectivity index (χ4n) is 3.51. The molecule has 1 aliphatic heterocycles. The van der Waals surface area contributed by atoms with Crippen LogP contribution in [0.15, 0.2) is 57.5 Å². The lowest BCUT2D eigenvalue weighted by molar-refractivity contribution is -0.384. The van der Waals surface area contributed by atoms with Crippen LogP contribution in [0.4, 0.5) is 5.69 Å².